The number of likely N-dealkylation sites (tertiary alicyclic amines) is 1. The number of rotatable bonds is 6. The lowest BCUT2D eigenvalue weighted by Gasteiger charge is -2.56. The van der Waals surface area contributed by atoms with Crippen molar-refractivity contribution in [2.45, 2.75) is 62.5 Å². The number of benzene rings is 3. The molecule has 3 aromatic rings. The van der Waals surface area contributed by atoms with E-state index in [1.54, 1.807) is 25.7 Å². The Hall–Kier alpha value is -3.85. The molecule has 2 amide bonds. The maximum Gasteiger partial charge on any atom is 0.471 e. The summed E-state index contributed by atoms with van der Waals surface area (Å²) in [6.45, 7) is 5.68. The van der Waals surface area contributed by atoms with Gasteiger partial charge in [0.05, 0.1) is 11.1 Å². The van der Waals surface area contributed by atoms with E-state index in [-0.39, 0.29) is 19.1 Å². The van der Waals surface area contributed by atoms with Crippen LogP contribution in [0.2, 0.25) is 0 Å². The first-order valence-corrected chi connectivity index (χ1v) is 14.5. The topological polar surface area (TPSA) is 53.1 Å². The number of hydrogen-bond donors (Lipinski definition) is 0. The number of likely N-dealkylation sites (N-methyl/N-ethyl adjacent to an activating group) is 1. The van der Waals surface area contributed by atoms with Crippen molar-refractivity contribution in [3.63, 3.8) is 0 Å². The fraction of sp³-hybridized carbons (Fsp3) is 0.412. The minimum atomic E-state index is -5.03. The van der Waals surface area contributed by atoms with E-state index < -0.39 is 34.9 Å². The van der Waals surface area contributed by atoms with Crippen LogP contribution in [0.15, 0.2) is 91.0 Å². The molecule has 2 saturated heterocycles. The number of nitrogens with zero attached hydrogens (tertiary/aromatic N) is 3. The zero-order valence-electron chi connectivity index (χ0n) is 25.0. The van der Waals surface area contributed by atoms with Crippen LogP contribution in [0.3, 0.4) is 0 Å². The molecule has 0 saturated carbocycles. The molecule has 6 nitrogen and oxygen atoms in total. The molecule has 2 fully saturated rings. The molecule has 3 aromatic carbocycles. The van der Waals surface area contributed by atoms with Gasteiger partial charge in [-0.2, -0.15) is 13.2 Å². The number of alkyl halides is 3. The van der Waals surface area contributed by atoms with Crippen molar-refractivity contribution in [3.8, 4) is 0 Å². The summed E-state index contributed by atoms with van der Waals surface area (Å²) in [7, 11) is 1.16. The highest BCUT2D eigenvalue weighted by Gasteiger charge is 2.60. The zero-order chi connectivity index (χ0) is 31.0. The lowest BCUT2D eigenvalue weighted by atomic mass is 9.74. The quantitative estimate of drug-likeness (QED) is 0.308. The third kappa shape index (κ3) is 5.75. The van der Waals surface area contributed by atoms with E-state index in [1.165, 1.54) is 0 Å². The minimum Gasteiger partial charge on any atom is -0.444 e. The van der Waals surface area contributed by atoms with E-state index >= 15 is 0 Å². The second-order valence-electron chi connectivity index (χ2n) is 12.6. The number of carbonyl (C=O) groups excluding carboxylic acids is 2. The van der Waals surface area contributed by atoms with Crippen LogP contribution in [0.5, 0.6) is 0 Å². The van der Waals surface area contributed by atoms with Crippen LogP contribution in [0.4, 0.5) is 18.0 Å². The van der Waals surface area contributed by atoms with Gasteiger partial charge in [0, 0.05) is 32.7 Å². The van der Waals surface area contributed by atoms with Gasteiger partial charge in [-0.15, -0.1) is 0 Å². The predicted molar refractivity (Wildman–Crippen MR) is 158 cm³/mol. The molecule has 0 N–H and O–H groups in total. The maximum absolute atomic E-state index is 13.8. The Kier molecular flexibility index (Phi) is 8.07. The van der Waals surface area contributed by atoms with E-state index in [4.69, 9.17) is 4.74 Å². The Labute approximate surface area is 251 Å². The van der Waals surface area contributed by atoms with Gasteiger partial charge in [0.2, 0.25) is 0 Å². The Bertz CT molecular complexity index is 1330. The van der Waals surface area contributed by atoms with Gasteiger partial charge in [-0.25, -0.2) is 4.79 Å². The average molecular weight is 594 g/mol. The van der Waals surface area contributed by atoms with E-state index in [0.717, 1.165) is 23.7 Å². The van der Waals surface area contributed by atoms with Crippen molar-refractivity contribution in [1.29, 1.82) is 0 Å². The molecule has 2 unspecified atom stereocenters. The van der Waals surface area contributed by atoms with Crippen LogP contribution >= 0.6 is 0 Å². The molecule has 0 spiro atoms. The fourth-order valence-electron chi connectivity index (χ4n) is 7.00. The summed E-state index contributed by atoms with van der Waals surface area (Å²) in [5.74, 6) is -1.94. The van der Waals surface area contributed by atoms with Gasteiger partial charge in [0.25, 0.3) is 0 Å². The summed E-state index contributed by atoms with van der Waals surface area (Å²) in [5, 5.41) is 0. The summed E-state index contributed by atoms with van der Waals surface area (Å²) >= 11 is 0. The smallest absolute Gasteiger partial charge is 0.444 e. The van der Waals surface area contributed by atoms with Crippen LogP contribution in [-0.2, 0) is 15.1 Å². The van der Waals surface area contributed by atoms with Crippen molar-refractivity contribution in [2.75, 3.05) is 26.7 Å². The molecule has 5 rings (SSSR count). The Morgan fingerprint density at radius 1 is 0.860 bits per heavy atom. The average Bonchev–Trinajstić information content (AvgIpc) is 3.19. The number of ether oxygens (including phenoxy) is 1. The highest BCUT2D eigenvalue weighted by molar-refractivity contribution is 5.82. The number of amides is 2. The third-order valence-electron chi connectivity index (χ3n) is 8.50. The molecule has 9 heteroatoms. The monoisotopic (exact) mass is 593 g/mol. The first-order valence-electron chi connectivity index (χ1n) is 14.5. The minimum absolute atomic E-state index is 0.219. The van der Waals surface area contributed by atoms with E-state index in [9.17, 15) is 22.8 Å². The first kappa shape index (κ1) is 30.6. The Morgan fingerprint density at radius 3 is 1.74 bits per heavy atom. The molecular weight excluding hydrogens is 555 g/mol. The molecule has 2 aliphatic heterocycles. The Morgan fingerprint density at radius 2 is 1.33 bits per heavy atom. The number of fused-ring (bicyclic) bond motifs is 2. The van der Waals surface area contributed by atoms with E-state index in [0.29, 0.717) is 24.3 Å². The molecular formula is C34H38F3N3O3. The lowest BCUT2D eigenvalue weighted by molar-refractivity contribution is -0.186. The standard InChI is InChI=1S/C34H38F3N3O3/c1-31(2,3)43-30(42)40-28-20-21-32(40,23-38(4)29(41)34(35,36)37)24-39(22-28)33(25-14-8-5-9-15-25,26-16-10-6-11-17-26)27-18-12-7-13-19-27/h5-19,28H,20-24H2,1-4H3. The molecule has 2 bridgehead atoms. The summed E-state index contributed by atoms with van der Waals surface area (Å²) < 4.78 is 46.6. The fourth-order valence-corrected chi connectivity index (χ4v) is 7.00. The SMILES string of the molecule is CN(CC12CCC(CN(C(c3ccccc3)(c3ccccc3)c3ccccc3)C1)N2C(=O)OC(C)(C)C)C(=O)C(F)(F)F. The van der Waals surface area contributed by atoms with Crippen molar-refractivity contribution < 1.29 is 27.5 Å². The van der Waals surface area contributed by atoms with Crippen molar-refractivity contribution >= 4 is 12.0 Å². The van der Waals surface area contributed by atoms with Crippen LogP contribution in [0, 0.1) is 0 Å². The van der Waals surface area contributed by atoms with Crippen LogP contribution in [-0.4, -0.2) is 76.7 Å². The molecule has 228 valence electrons. The van der Waals surface area contributed by atoms with Gasteiger partial charge in [0.15, 0.2) is 0 Å². The molecule has 2 atom stereocenters. The van der Waals surface area contributed by atoms with Gasteiger partial charge in [-0.05, 0) is 50.3 Å². The van der Waals surface area contributed by atoms with Crippen molar-refractivity contribution in [3.05, 3.63) is 108 Å². The third-order valence-corrected chi connectivity index (χ3v) is 8.50. The normalized spacial score (nSPS) is 21.0. The Balaban J connectivity index is 1.69. The van der Waals surface area contributed by atoms with Crippen LogP contribution in [0.25, 0.3) is 0 Å². The van der Waals surface area contributed by atoms with Crippen molar-refractivity contribution in [1.82, 2.24) is 14.7 Å². The second-order valence-corrected chi connectivity index (χ2v) is 12.6. The first-order chi connectivity index (χ1) is 20.3. The molecule has 0 aromatic heterocycles. The van der Waals surface area contributed by atoms with Crippen LogP contribution < -0.4 is 0 Å². The van der Waals surface area contributed by atoms with Crippen LogP contribution in [0.1, 0.15) is 50.3 Å². The molecule has 0 radical (unpaired) electrons. The highest BCUT2D eigenvalue weighted by atomic mass is 19.4. The molecule has 43 heavy (non-hydrogen) atoms. The van der Waals surface area contributed by atoms with Crippen molar-refractivity contribution in [2.24, 2.45) is 0 Å². The van der Waals surface area contributed by atoms with Gasteiger partial charge in [0.1, 0.15) is 5.60 Å². The largest absolute Gasteiger partial charge is 0.471 e. The van der Waals surface area contributed by atoms with Gasteiger partial charge < -0.3 is 9.64 Å². The molecule has 2 heterocycles. The van der Waals surface area contributed by atoms with Gasteiger partial charge in [-0.1, -0.05) is 91.0 Å². The maximum atomic E-state index is 13.8. The van der Waals surface area contributed by atoms with E-state index in [2.05, 4.69) is 41.3 Å². The van der Waals surface area contributed by atoms with Gasteiger partial charge >= 0.3 is 18.2 Å². The number of carbonyl (C=O) groups is 2. The summed E-state index contributed by atoms with van der Waals surface area (Å²) in [5.41, 5.74) is 0.228. The predicted octanol–water partition coefficient (Wildman–Crippen LogP) is 6.45. The summed E-state index contributed by atoms with van der Waals surface area (Å²) in [6.07, 6.45) is -4.61. The number of piperazine rings is 1. The summed E-state index contributed by atoms with van der Waals surface area (Å²) in [6, 6.07) is 29.8. The number of hydrogen-bond acceptors (Lipinski definition) is 4. The molecule has 0 aliphatic carbocycles. The second kappa shape index (κ2) is 11.3. The van der Waals surface area contributed by atoms with Gasteiger partial charge in [-0.3, -0.25) is 14.6 Å². The highest BCUT2D eigenvalue weighted by Crippen LogP contribution is 2.49. The number of halogens is 3. The molecule has 2 aliphatic rings. The van der Waals surface area contributed by atoms with E-state index in [1.807, 2.05) is 54.6 Å². The lowest BCUT2D eigenvalue weighted by Crippen LogP contribution is -2.70. The summed E-state index contributed by atoms with van der Waals surface area (Å²) in [4.78, 5) is 30.8. The zero-order valence-corrected chi connectivity index (χ0v) is 25.0.